The van der Waals surface area contributed by atoms with Crippen LogP contribution in [0.1, 0.15) is 5.82 Å². The molecule has 0 saturated heterocycles. The summed E-state index contributed by atoms with van der Waals surface area (Å²) in [7, 11) is 0. The highest BCUT2D eigenvalue weighted by Crippen LogP contribution is 2.36. The Morgan fingerprint density at radius 3 is 2.12 bits per heavy atom. The first-order valence-corrected chi connectivity index (χ1v) is 6.06. The van der Waals surface area contributed by atoms with Crippen molar-refractivity contribution in [2.75, 3.05) is 0 Å². The molecular formula is C12H9Cl3N2. The molecule has 0 amide bonds. The summed E-state index contributed by atoms with van der Waals surface area (Å²) in [6.45, 7) is 0. The molecule has 88 valence electrons. The standard InChI is InChI=1S/C12H9Cl3N2/c13-12(14,15)11-16-9-7-5-3-1-2-4-6-8-10(9)17-11/h1-8H,(H,16,17). The number of aromatic amines is 1. The maximum absolute atomic E-state index is 5.79. The fraction of sp³-hybridized carbons (Fsp3) is 0.0833. The minimum Gasteiger partial charge on any atom is -0.338 e. The Morgan fingerprint density at radius 2 is 1.47 bits per heavy atom. The quantitative estimate of drug-likeness (QED) is 0.709. The van der Waals surface area contributed by atoms with E-state index in [9.17, 15) is 0 Å². The van der Waals surface area contributed by atoms with Gasteiger partial charge in [0.15, 0.2) is 5.82 Å². The van der Waals surface area contributed by atoms with Crippen molar-refractivity contribution in [3.63, 3.8) is 0 Å². The molecule has 0 aliphatic carbocycles. The fourth-order valence-corrected chi connectivity index (χ4v) is 1.61. The van der Waals surface area contributed by atoms with Crippen molar-refractivity contribution in [2.24, 2.45) is 0 Å². The molecule has 0 spiro atoms. The molecule has 1 aromatic heterocycles. The first-order valence-electron chi connectivity index (χ1n) is 4.92. The fourth-order valence-electron chi connectivity index (χ4n) is 1.34. The minimum atomic E-state index is -1.54. The maximum Gasteiger partial charge on any atom is 0.248 e. The largest absolute Gasteiger partial charge is 0.338 e. The highest BCUT2D eigenvalue weighted by Gasteiger charge is 2.26. The summed E-state index contributed by atoms with van der Waals surface area (Å²) in [5.41, 5.74) is 1.55. The lowest BCUT2D eigenvalue weighted by Crippen LogP contribution is -2.02. The zero-order chi connectivity index (χ0) is 12.3. The third-order valence-electron chi connectivity index (χ3n) is 2.10. The Hall–Kier alpha value is -0.960. The zero-order valence-corrected chi connectivity index (χ0v) is 11.0. The van der Waals surface area contributed by atoms with Crippen molar-refractivity contribution in [1.29, 1.82) is 0 Å². The van der Waals surface area contributed by atoms with Crippen LogP contribution in [0.2, 0.25) is 0 Å². The summed E-state index contributed by atoms with van der Waals surface area (Å²) in [5, 5.41) is 0. The first-order chi connectivity index (χ1) is 8.07. The summed E-state index contributed by atoms with van der Waals surface area (Å²) in [6.07, 6.45) is 0. The number of fused-ring (bicyclic) bond motifs is 1. The van der Waals surface area contributed by atoms with Gasteiger partial charge >= 0.3 is 0 Å². The van der Waals surface area contributed by atoms with Crippen LogP contribution in [0, 0.1) is 0 Å². The minimum absolute atomic E-state index is 0.314. The van der Waals surface area contributed by atoms with Gasteiger partial charge in [-0.2, -0.15) is 0 Å². The second-order valence-corrected chi connectivity index (χ2v) is 5.65. The molecule has 1 aromatic carbocycles. The first kappa shape index (κ1) is 12.5. The molecule has 0 bridgehead atoms. The van der Waals surface area contributed by atoms with Gasteiger partial charge in [0, 0.05) is 0 Å². The SMILES string of the molecule is ClC(Cl)(Cl)c1nc2ccccccccc2[nH]1. The summed E-state index contributed by atoms with van der Waals surface area (Å²) in [5.74, 6) is 0.314. The molecule has 2 rings (SSSR count). The highest BCUT2D eigenvalue weighted by atomic mass is 35.6. The van der Waals surface area contributed by atoms with Crippen molar-refractivity contribution in [3.05, 3.63) is 54.4 Å². The number of hydrogen-bond donors (Lipinski definition) is 1. The van der Waals surface area contributed by atoms with Crippen LogP contribution in [0.25, 0.3) is 11.0 Å². The van der Waals surface area contributed by atoms with E-state index in [1.54, 1.807) is 0 Å². The van der Waals surface area contributed by atoms with Crippen LogP contribution in [0.4, 0.5) is 0 Å². The van der Waals surface area contributed by atoms with Gasteiger partial charge in [0.05, 0.1) is 11.0 Å². The van der Waals surface area contributed by atoms with Crippen molar-refractivity contribution in [1.82, 2.24) is 9.97 Å². The monoisotopic (exact) mass is 286 g/mol. The van der Waals surface area contributed by atoms with Crippen LogP contribution in [-0.2, 0) is 3.79 Å². The molecule has 0 saturated carbocycles. The molecule has 2 nitrogen and oxygen atoms in total. The molecule has 0 atom stereocenters. The van der Waals surface area contributed by atoms with Crippen LogP contribution in [0.3, 0.4) is 0 Å². The number of hydrogen-bond acceptors (Lipinski definition) is 1. The van der Waals surface area contributed by atoms with Gasteiger partial charge < -0.3 is 4.98 Å². The number of imidazole rings is 1. The number of nitrogens with one attached hydrogen (secondary N) is 1. The predicted molar refractivity (Wildman–Crippen MR) is 73.0 cm³/mol. The molecule has 0 aliphatic rings. The molecule has 5 heteroatoms. The Balaban J connectivity index is 2.68. The average Bonchev–Trinajstić information content (AvgIpc) is 2.67. The van der Waals surface area contributed by atoms with Gasteiger partial charge in [0.1, 0.15) is 0 Å². The van der Waals surface area contributed by atoms with Crippen molar-refractivity contribution < 1.29 is 0 Å². The summed E-state index contributed by atoms with van der Waals surface area (Å²) in [4.78, 5) is 7.24. The molecule has 0 radical (unpaired) electrons. The van der Waals surface area contributed by atoms with Gasteiger partial charge in [-0.25, -0.2) is 4.98 Å². The van der Waals surface area contributed by atoms with Crippen LogP contribution in [-0.4, -0.2) is 9.97 Å². The third-order valence-corrected chi connectivity index (χ3v) is 2.64. The molecule has 0 fully saturated rings. The molecule has 2 aromatic rings. The normalized spacial score (nSPS) is 11.2. The molecule has 1 heterocycles. The van der Waals surface area contributed by atoms with Crippen LogP contribution in [0.15, 0.2) is 48.5 Å². The van der Waals surface area contributed by atoms with Gasteiger partial charge in [-0.05, 0) is 12.1 Å². The van der Waals surface area contributed by atoms with Crippen molar-refractivity contribution in [2.45, 2.75) is 3.79 Å². The number of rotatable bonds is 0. The summed E-state index contributed by atoms with van der Waals surface area (Å²) in [6, 6.07) is 15.2. The van der Waals surface area contributed by atoms with E-state index in [-0.39, 0.29) is 0 Å². The second kappa shape index (κ2) is 5.13. The second-order valence-electron chi connectivity index (χ2n) is 3.37. The number of H-pyrrole nitrogens is 1. The van der Waals surface area contributed by atoms with Crippen molar-refractivity contribution >= 4 is 45.8 Å². The zero-order valence-electron chi connectivity index (χ0n) is 8.70. The van der Waals surface area contributed by atoms with E-state index in [1.807, 2.05) is 48.5 Å². The predicted octanol–water partition coefficient (Wildman–Crippen LogP) is 4.51. The lowest BCUT2D eigenvalue weighted by molar-refractivity contribution is 1.05. The van der Waals surface area contributed by atoms with Crippen LogP contribution >= 0.6 is 34.8 Å². The number of alkyl halides is 3. The average molecular weight is 288 g/mol. The van der Waals surface area contributed by atoms with Gasteiger partial charge in [-0.1, -0.05) is 71.2 Å². The van der Waals surface area contributed by atoms with E-state index in [0.29, 0.717) is 5.82 Å². The molecular weight excluding hydrogens is 279 g/mol. The van der Waals surface area contributed by atoms with E-state index in [2.05, 4.69) is 9.97 Å². The maximum atomic E-state index is 5.79. The molecule has 1 N–H and O–H groups in total. The topological polar surface area (TPSA) is 28.7 Å². The smallest absolute Gasteiger partial charge is 0.248 e. The van der Waals surface area contributed by atoms with E-state index in [1.165, 1.54) is 0 Å². The molecule has 0 unspecified atom stereocenters. The Kier molecular flexibility index (Phi) is 3.77. The third kappa shape index (κ3) is 3.25. The van der Waals surface area contributed by atoms with Gasteiger partial charge in [0.2, 0.25) is 3.79 Å². The summed E-state index contributed by atoms with van der Waals surface area (Å²) >= 11 is 17.4. The molecule has 0 aliphatic heterocycles. The Bertz CT molecular complexity index is 528. The number of halogens is 3. The van der Waals surface area contributed by atoms with Gasteiger partial charge in [-0.3, -0.25) is 0 Å². The van der Waals surface area contributed by atoms with E-state index < -0.39 is 3.79 Å². The van der Waals surface area contributed by atoms with Gasteiger partial charge in [-0.15, -0.1) is 0 Å². The van der Waals surface area contributed by atoms with E-state index in [4.69, 9.17) is 34.8 Å². The van der Waals surface area contributed by atoms with Crippen LogP contribution < -0.4 is 0 Å². The number of aromatic nitrogens is 2. The van der Waals surface area contributed by atoms with Gasteiger partial charge in [0.25, 0.3) is 0 Å². The van der Waals surface area contributed by atoms with Crippen LogP contribution in [0.5, 0.6) is 0 Å². The molecule has 17 heavy (non-hydrogen) atoms. The highest BCUT2D eigenvalue weighted by molar-refractivity contribution is 6.66. The number of nitrogens with zero attached hydrogens (tertiary/aromatic N) is 1. The lowest BCUT2D eigenvalue weighted by atomic mass is 10.3. The Labute approximate surface area is 114 Å². The van der Waals surface area contributed by atoms with E-state index in [0.717, 1.165) is 11.0 Å². The Morgan fingerprint density at radius 1 is 0.882 bits per heavy atom. The van der Waals surface area contributed by atoms with E-state index >= 15 is 0 Å². The van der Waals surface area contributed by atoms with Crippen molar-refractivity contribution in [3.8, 4) is 0 Å². The summed E-state index contributed by atoms with van der Waals surface area (Å²) < 4.78 is -1.54. The lowest BCUT2D eigenvalue weighted by Gasteiger charge is -2.04.